The summed E-state index contributed by atoms with van der Waals surface area (Å²) in [4.78, 5) is 22.2. The minimum absolute atomic E-state index is 0.0893. The maximum Gasteiger partial charge on any atom is 0.254 e. The van der Waals surface area contributed by atoms with Crippen LogP contribution in [0, 0.1) is 0 Å². The molecule has 1 amide bonds. The summed E-state index contributed by atoms with van der Waals surface area (Å²) in [6, 6.07) is 14.5. The number of aromatic nitrogens is 1. The fourth-order valence-electron chi connectivity index (χ4n) is 4.05. The van der Waals surface area contributed by atoms with Gasteiger partial charge in [0.05, 0.1) is 6.04 Å². The molecule has 26 heavy (non-hydrogen) atoms. The lowest BCUT2D eigenvalue weighted by atomic mass is 10.0. The second-order valence-corrected chi connectivity index (χ2v) is 7.53. The van der Waals surface area contributed by atoms with E-state index < -0.39 is 0 Å². The Morgan fingerprint density at radius 3 is 2.42 bits per heavy atom. The zero-order chi connectivity index (χ0) is 18.7. The average molecular weight is 351 g/mol. The second-order valence-electron chi connectivity index (χ2n) is 7.53. The van der Waals surface area contributed by atoms with Crippen molar-refractivity contribution < 1.29 is 4.79 Å². The summed E-state index contributed by atoms with van der Waals surface area (Å²) < 4.78 is 0. The van der Waals surface area contributed by atoms with Gasteiger partial charge in [-0.25, -0.2) is 4.98 Å². The molecule has 0 saturated carbocycles. The Morgan fingerprint density at radius 2 is 1.77 bits per heavy atom. The van der Waals surface area contributed by atoms with Crippen molar-refractivity contribution in [2.45, 2.75) is 58.7 Å². The molecule has 138 valence electrons. The number of benzene rings is 1. The Hall–Kier alpha value is -2.36. The van der Waals surface area contributed by atoms with E-state index in [1.807, 2.05) is 47.5 Å². The minimum atomic E-state index is 0.0893. The molecule has 1 saturated heterocycles. The molecule has 2 aromatic rings. The van der Waals surface area contributed by atoms with Gasteiger partial charge in [0, 0.05) is 36.0 Å². The van der Waals surface area contributed by atoms with Gasteiger partial charge < -0.3 is 9.80 Å². The highest BCUT2D eigenvalue weighted by Gasteiger charge is 2.33. The number of pyridine rings is 1. The molecule has 1 aromatic carbocycles. The molecule has 1 aliphatic rings. The van der Waals surface area contributed by atoms with E-state index in [1.54, 1.807) is 0 Å². The summed E-state index contributed by atoms with van der Waals surface area (Å²) in [5.74, 6) is 1.12. The quantitative estimate of drug-likeness (QED) is 0.784. The zero-order valence-corrected chi connectivity index (χ0v) is 16.2. The van der Waals surface area contributed by atoms with Gasteiger partial charge in [-0.1, -0.05) is 24.3 Å². The maximum absolute atomic E-state index is 13.1. The molecule has 0 spiro atoms. The van der Waals surface area contributed by atoms with Crippen molar-refractivity contribution in [2.75, 3.05) is 11.4 Å². The van der Waals surface area contributed by atoms with E-state index in [9.17, 15) is 4.79 Å². The molecule has 0 aliphatic carbocycles. The fourth-order valence-corrected chi connectivity index (χ4v) is 4.05. The summed E-state index contributed by atoms with van der Waals surface area (Å²) >= 11 is 0. The number of nitrogens with zero attached hydrogens (tertiary/aromatic N) is 3. The van der Waals surface area contributed by atoms with Crippen LogP contribution in [0.4, 0.5) is 5.82 Å². The van der Waals surface area contributed by atoms with Crippen molar-refractivity contribution in [3.63, 3.8) is 0 Å². The third-order valence-electron chi connectivity index (χ3n) is 5.07. The smallest absolute Gasteiger partial charge is 0.254 e. The van der Waals surface area contributed by atoms with Gasteiger partial charge in [0.2, 0.25) is 0 Å². The number of amides is 1. The molecule has 1 aliphatic heterocycles. The van der Waals surface area contributed by atoms with Crippen LogP contribution in [0.2, 0.25) is 0 Å². The van der Waals surface area contributed by atoms with Crippen LogP contribution in [0.3, 0.4) is 0 Å². The van der Waals surface area contributed by atoms with Crippen molar-refractivity contribution in [3.05, 3.63) is 59.8 Å². The monoisotopic (exact) mass is 351 g/mol. The Balaban J connectivity index is 1.97. The average Bonchev–Trinajstić information content (AvgIpc) is 3.11. The van der Waals surface area contributed by atoms with Gasteiger partial charge in [-0.2, -0.15) is 0 Å². The zero-order valence-electron chi connectivity index (χ0n) is 16.2. The molecule has 3 rings (SSSR count). The number of hydrogen-bond acceptors (Lipinski definition) is 3. The van der Waals surface area contributed by atoms with Crippen LogP contribution in [0.15, 0.2) is 48.7 Å². The van der Waals surface area contributed by atoms with Crippen LogP contribution >= 0.6 is 0 Å². The highest BCUT2D eigenvalue weighted by molar-refractivity contribution is 5.94. The maximum atomic E-state index is 13.1. The predicted octanol–water partition coefficient (Wildman–Crippen LogP) is 4.68. The summed E-state index contributed by atoms with van der Waals surface area (Å²) in [6.07, 6.45) is 3.87. The van der Waals surface area contributed by atoms with E-state index in [1.165, 1.54) is 0 Å². The largest absolute Gasteiger partial charge is 0.351 e. The van der Waals surface area contributed by atoms with Crippen molar-refractivity contribution in [2.24, 2.45) is 0 Å². The van der Waals surface area contributed by atoms with Crippen LogP contribution in [-0.2, 0) is 0 Å². The van der Waals surface area contributed by atoms with Gasteiger partial charge in [0.25, 0.3) is 5.91 Å². The van der Waals surface area contributed by atoms with Gasteiger partial charge in [-0.05, 0) is 58.7 Å². The topological polar surface area (TPSA) is 36.4 Å². The van der Waals surface area contributed by atoms with Crippen LogP contribution in [0.25, 0.3) is 0 Å². The second kappa shape index (κ2) is 7.90. The molecule has 0 N–H and O–H groups in total. The van der Waals surface area contributed by atoms with E-state index in [-0.39, 0.29) is 11.9 Å². The summed E-state index contributed by atoms with van der Waals surface area (Å²) in [5.41, 5.74) is 1.92. The Labute approximate surface area is 156 Å². The first-order valence-electron chi connectivity index (χ1n) is 9.60. The number of rotatable bonds is 5. The molecular weight excluding hydrogens is 322 g/mol. The third-order valence-corrected chi connectivity index (χ3v) is 5.07. The van der Waals surface area contributed by atoms with Crippen LogP contribution in [0.5, 0.6) is 0 Å². The Morgan fingerprint density at radius 1 is 1.08 bits per heavy atom. The number of likely N-dealkylation sites (tertiary alicyclic amines) is 1. The van der Waals surface area contributed by atoms with Crippen molar-refractivity contribution in [1.29, 1.82) is 0 Å². The third kappa shape index (κ3) is 3.59. The van der Waals surface area contributed by atoms with Gasteiger partial charge in [0.15, 0.2) is 0 Å². The lowest BCUT2D eigenvalue weighted by molar-refractivity contribution is 0.0735. The number of carbonyl (C=O) groups excluding carboxylic acids is 1. The van der Waals surface area contributed by atoms with Crippen LogP contribution in [0.1, 0.15) is 62.5 Å². The molecule has 1 fully saturated rings. The van der Waals surface area contributed by atoms with Gasteiger partial charge in [0.1, 0.15) is 5.82 Å². The van der Waals surface area contributed by atoms with E-state index in [2.05, 4.69) is 38.7 Å². The van der Waals surface area contributed by atoms with Gasteiger partial charge in [-0.15, -0.1) is 0 Å². The van der Waals surface area contributed by atoms with Crippen LogP contribution < -0.4 is 4.90 Å². The van der Waals surface area contributed by atoms with E-state index in [4.69, 9.17) is 4.98 Å². The fraction of sp³-hybridized carbons (Fsp3) is 0.455. The number of anilines is 1. The van der Waals surface area contributed by atoms with Crippen molar-refractivity contribution in [1.82, 2.24) is 9.88 Å². The molecule has 2 heterocycles. The number of carbonyl (C=O) groups is 1. The van der Waals surface area contributed by atoms with Gasteiger partial charge in [-0.3, -0.25) is 4.79 Å². The highest BCUT2D eigenvalue weighted by atomic mass is 16.2. The standard InChI is InChI=1S/C22H29N3O/c1-16(2)25(17(3)4)21-19(12-8-14-23-21)20-13-9-15-24(20)22(26)18-10-6-5-7-11-18/h5-8,10-12,14,16-17,20H,9,13,15H2,1-4H3. The first-order chi connectivity index (χ1) is 12.5. The van der Waals surface area contributed by atoms with Crippen molar-refractivity contribution in [3.8, 4) is 0 Å². The molecule has 0 bridgehead atoms. The molecule has 4 nitrogen and oxygen atoms in total. The summed E-state index contributed by atoms with van der Waals surface area (Å²) in [6.45, 7) is 9.58. The minimum Gasteiger partial charge on any atom is -0.351 e. The first kappa shape index (κ1) is 18.4. The SMILES string of the molecule is CC(C)N(c1ncccc1C1CCCN1C(=O)c1ccccc1)C(C)C. The molecule has 1 unspecified atom stereocenters. The van der Waals surface area contributed by atoms with Gasteiger partial charge >= 0.3 is 0 Å². The van der Waals surface area contributed by atoms with E-state index in [0.29, 0.717) is 12.1 Å². The molecule has 0 radical (unpaired) electrons. The molecule has 1 aromatic heterocycles. The Kier molecular flexibility index (Phi) is 5.60. The van der Waals surface area contributed by atoms with Crippen molar-refractivity contribution >= 4 is 11.7 Å². The lowest BCUT2D eigenvalue weighted by Crippen LogP contribution is -2.39. The number of hydrogen-bond donors (Lipinski definition) is 0. The van der Waals surface area contributed by atoms with E-state index in [0.717, 1.165) is 36.3 Å². The first-order valence-corrected chi connectivity index (χ1v) is 9.60. The van der Waals surface area contributed by atoms with Crippen LogP contribution in [-0.4, -0.2) is 34.4 Å². The highest BCUT2D eigenvalue weighted by Crippen LogP contribution is 2.38. The van der Waals surface area contributed by atoms with E-state index >= 15 is 0 Å². The Bertz CT molecular complexity index is 734. The molecular formula is C22H29N3O. The lowest BCUT2D eigenvalue weighted by Gasteiger charge is -2.35. The molecule has 1 atom stereocenters. The molecule has 4 heteroatoms. The summed E-state index contributed by atoms with van der Waals surface area (Å²) in [7, 11) is 0. The predicted molar refractivity (Wildman–Crippen MR) is 106 cm³/mol. The normalized spacial score (nSPS) is 17.2. The summed E-state index contributed by atoms with van der Waals surface area (Å²) in [5, 5.41) is 0.